The lowest BCUT2D eigenvalue weighted by Crippen LogP contribution is -2.46. The molecule has 3 rings (SSSR count). The summed E-state index contributed by atoms with van der Waals surface area (Å²) in [6.07, 6.45) is 4.38. The van der Waals surface area contributed by atoms with E-state index in [2.05, 4.69) is 12.2 Å². The van der Waals surface area contributed by atoms with E-state index in [1.807, 2.05) is 29.2 Å². The summed E-state index contributed by atoms with van der Waals surface area (Å²) in [5.41, 5.74) is 1.00. The minimum absolute atomic E-state index is 0. The molecule has 0 aromatic heterocycles. The van der Waals surface area contributed by atoms with Crippen LogP contribution < -0.4 is 15.0 Å². The van der Waals surface area contributed by atoms with Crippen molar-refractivity contribution in [2.24, 2.45) is 11.8 Å². The minimum atomic E-state index is 0. The first kappa shape index (κ1) is 18.1. The molecule has 128 valence electrons. The molecule has 1 aromatic carbocycles. The van der Waals surface area contributed by atoms with Crippen molar-refractivity contribution in [3.63, 3.8) is 0 Å². The van der Waals surface area contributed by atoms with Crippen molar-refractivity contribution < 1.29 is 9.53 Å². The summed E-state index contributed by atoms with van der Waals surface area (Å²) < 4.78 is 5.23. The number of halogens is 1. The van der Waals surface area contributed by atoms with Gasteiger partial charge in [0.2, 0.25) is 5.91 Å². The van der Waals surface area contributed by atoms with Gasteiger partial charge in [0.05, 0.1) is 7.11 Å². The second kappa shape index (κ2) is 8.02. The molecule has 5 heteroatoms. The summed E-state index contributed by atoms with van der Waals surface area (Å²) in [5.74, 6) is 1.94. The van der Waals surface area contributed by atoms with Gasteiger partial charge in [0.15, 0.2) is 0 Å². The number of methoxy groups -OCH3 is 1. The Kier molecular flexibility index (Phi) is 6.31. The van der Waals surface area contributed by atoms with E-state index in [1.54, 1.807) is 7.11 Å². The molecule has 1 saturated heterocycles. The van der Waals surface area contributed by atoms with Crippen LogP contribution >= 0.6 is 12.4 Å². The molecule has 1 aliphatic heterocycles. The van der Waals surface area contributed by atoms with Gasteiger partial charge >= 0.3 is 0 Å². The average Bonchev–Trinajstić information content (AvgIpc) is 3.41. The van der Waals surface area contributed by atoms with E-state index in [1.165, 1.54) is 12.8 Å². The van der Waals surface area contributed by atoms with Crippen LogP contribution in [-0.2, 0) is 4.79 Å². The van der Waals surface area contributed by atoms with Crippen molar-refractivity contribution in [2.45, 2.75) is 38.6 Å². The Morgan fingerprint density at radius 2 is 1.78 bits per heavy atom. The van der Waals surface area contributed by atoms with Gasteiger partial charge in [-0.05, 0) is 75.9 Å². The van der Waals surface area contributed by atoms with Crippen molar-refractivity contribution in [1.29, 1.82) is 0 Å². The number of ether oxygens (including phenoxy) is 1. The van der Waals surface area contributed by atoms with Crippen LogP contribution in [0.2, 0.25) is 0 Å². The van der Waals surface area contributed by atoms with Crippen molar-refractivity contribution in [2.75, 3.05) is 25.1 Å². The zero-order chi connectivity index (χ0) is 15.5. The third-order valence-corrected chi connectivity index (χ3v) is 4.99. The van der Waals surface area contributed by atoms with Crippen LogP contribution in [-0.4, -0.2) is 32.1 Å². The largest absolute Gasteiger partial charge is 0.497 e. The molecule has 1 atom stereocenters. The molecule has 23 heavy (non-hydrogen) atoms. The molecule has 1 aromatic rings. The number of hydrogen-bond acceptors (Lipinski definition) is 3. The number of nitrogens with zero attached hydrogens (tertiary/aromatic N) is 1. The number of benzene rings is 1. The topological polar surface area (TPSA) is 41.6 Å². The zero-order valence-corrected chi connectivity index (χ0v) is 14.8. The molecule has 1 unspecified atom stereocenters. The van der Waals surface area contributed by atoms with Gasteiger partial charge in [-0.1, -0.05) is 0 Å². The van der Waals surface area contributed by atoms with Crippen molar-refractivity contribution >= 4 is 24.0 Å². The SMILES string of the molecule is COc1ccc(N(C(=O)C2CCNCC2)C(C)C2CC2)cc1.Cl. The Morgan fingerprint density at radius 1 is 1.17 bits per heavy atom. The van der Waals surface area contributed by atoms with E-state index < -0.39 is 0 Å². The van der Waals surface area contributed by atoms with Crippen LogP contribution in [0.5, 0.6) is 5.75 Å². The van der Waals surface area contributed by atoms with Gasteiger partial charge in [0, 0.05) is 17.6 Å². The fraction of sp³-hybridized carbons (Fsp3) is 0.611. The van der Waals surface area contributed by atoms with Crippen LogP contribution in [0.3, 0.4) is 0 Å². The number of anilines is 1. The second-order valence-electron chi connectivity index (χ2n) is 6.51. The summed E-state index contributed by atoms with van der Waals surface area (Å²) in [4.78, 5) is 15.1. The Hall–Kier alpha value is -1.26. The summed E-state index contributed by atoms with van der Waals surface area (Å²) in [6, 6.07) is 8.19. The van der Waals surface area contributed by atoms with E-state index in [0.717, 1.165) is 37.4 Å². The highest BCUT2D eigenvalue weighted by molar-refractivity contribution is 5.95. The summed E-state index contributed by atoms with van der Waals surface area (Å²) in [7, 11) is 1.67. The maximum atomic E-state index is 13.1. The first-order valence-corrected chi connectivity index (χ1v) is 8.38. The molecule has 2 fully saturated rings. The maximum absolute atomic E-state index is 13.1. The molecule has 1 heterocycles. The first-order valence-electron chi connectivity index (χ1n) is 8.38. The normalized spacial score (nSPS) is 19.6. The smallest absolute Gasteiger partial charge is 0.230 e. The summed E-state index contributed by atoms with van der Waals surface area (Å²) in [5, 5.41) is 3.34. The highest BCUT2D eigenvalue weighted by Gasteiger charge is 2.37. The highest BCUT2D eigenvalue weighted by Crippen LogP contribution is 2.38. The highest BCUT2D eigenvalue weighted by atomic mass is 35.5. The predicted molar refractivity (Wildman–Crippen MR) is 95.5 cm³/mol. The molecule has 1 aliphatic carbocycles. The Bertz CT molecular complexity index is 510. The van der Waals surface area contributed by atoms with Crippen LogP contribution in [0.15, 0.2) is 24.3 Å². The lowest BCUT2D eigenvalue weighted by Gasteiger charge is -2.34. The molecular weight excluding hydrogens is 312 g/mol. The third kappa shape index (κ3) is 4.18. The number of nitrogens with one attached hydrogen (secondary N) is 1. The van der Waals surface area contributed by atoms with E-state index in [-0.39, 0.29) is 24.4 Å². The molecule has 1 amide bonds. The van der Waals surface area contributed by atoms with Gasteiger partial charge < -0.3 is 15.0 Å². The average molecular weight is 339 g/mol. The number of amides is 1. The number of hydrogen-bond donors (Lipinski definition) is 1. The fourth-order valence-electron chi connectivity index (χ4n) is 3.36. The first-order chi connectivity index (χ1) is 10.7. The molecule has 0 bridgehead atoms. The fourth-order valence-corrected chi connectivity index (χ4v) is 3.36. The standard InChI is InChI=1S/C18H26N2O2.ClH/c1-13(14-3-4-14)20(16-5-7-17(22-2)8-6-16)18(21)15-9-11-19-12-10-15;/h5-8,13-15,19H,3-4,9-12H2,1-2H3;1H. The van der Waals surface area contributed by atoms with Crippen LogP contribution in [0, 0.1) is 11.8 Å². The number of carbonyl (C=O) groups is 1. The molecule has 4 nitrogen and oxygen atoms in total. The Morgan fingerprint density at radius 3 is 2.30 bits per heavy atom. The molecule has 0 radical (unpaired) electrons. The summed E-state index contributed by atoms with van der Waals surface area (Å²) >= 11 is 0. The van der Waals surface area contributed by atoms with Gasteiger partial charge in [0.25, 0.3) is 0 Å². The monoisotopic (exact) mass is 338 g/mol. The van der Waals surface area contributed by atoms with Crippen LogP contribution in [0.4, 0.5) is 5.69 Å². The molecule has 0 spiro atoms. The molecule has 1 N–H and O–H groups in total. The minimum Gasteiger partial charge on any atom is -0.497 e. The number of piperidine rings is 1. The maximum Gasteiger partial charge on any atom is 0.230 e. The van der Waals surface area contributed by atoms with Crippen molar-refractivity contribution in [3.8, 4) is 5.75 Å². The molecule has 1 saturated carbocycles. The second-order valence-corrected chi connectivity index (χ2v) is 6.51. The third-order valence-electron chi connectivity index (χ3n) is 4.99. The van der Waals surface area contributed by atoms with Gasteiger partial charge in [-0.15, -0.1) is 12.4 Å². The van der Waals surface area contributed by atoms with Gasteiger partial charge in [0.1, 0.15) is 5.75 Å². The molecule has 2 aliphatic rings. The van der Waals surface area contributed by atoms with Gasteiger partial charge in [-0.3, -0.25) is 4.79 Å². The quantitative estimate of drug-likeness (QED) is 0.896. The van der Waals surface area contributed by atoms with Gasteiger partial charge in [-0.2, -0.15) is 0 Å². The van der Waals surface area contributed by atoms with E-state index in [9.17, 15) is 4.79 Å². The van der Waals surface area contributed by atoms with Crippen molar-refractivity contribution in [3.05, 3.63) is 24.3 Å². The van der Waals surface area contributed by atoms with Crippen molar-refractivity contribution in [1.82, 2.24) is 5.32 Å². The van der Waals surface area contributed by atoms with E-state index >= 15 is 0 Å². The number of carbonyl (C=O) groups excluding carboxylic acids is 1. The number of rotatable bonds is 5. The molecular formula is C18H27ClN2O2. The van der Waals surface area contributed by atoms with E-state index in [4.69, 9.17) is 4.74 Å². The Balaban J connectivity index is 0.00000192. The Labute approximate surface area is 145 Å². The van der Waals surface area contributed by atoms with Crippen LogP contribution in [0.1, 0.15) is 32.6 Å². The van der Waals surface area contributed by atoms with Gasteiger partial charge in [-0.25, -0.2) is 0 Å². The van der Waals surface area contributed by atoms with E-state index in [0.29, 0.717) is 11.8 Å². The lowest BCUT2D eigenvalue weighted by molar-refractivity contribution is -0.123. The van der Waals surface area contributed by atoms with Crippen LogP contribution in [0.25, 0.3) is 0 Å². The lowest BCUT2D eigenvalue weighted by atomic mass is 9.95. The summed E-state index contributed by atoms with van der Waals surface area (Å²) in [6.45, 7) is 4.09. The predicted octanol–water partition coefficient (Wildman–Crippen LogP) is 3.25. The zero-order valence-electron chi connectivity index (χ0n) is 14.0.